The van der Waals surface area contributed by atoms with Crippen LogP contribution in [0.3, 0.4) is 0 Å². The van der Waals surface area contributed by atoms with E-state index in [1.165, 1.54) is 0 Å². The van der Waals surface area contributed by atoms with E-state index in [-0.39, 0.29) is 30.5 Å². The van der Waals surface area contributed by atoms with Crippen LogP contribution in [0.15, 0.2) is 16.8 Å². The summed E-state index contributed by atoms with van der Waals surface area (Å²) in [5.41, 5.74) is 7.14. The van der Waals surface area contributed by atoms with Crippen molar-refractivity contribution in [1.29, 1.82) is 0 Å². The van der Waals surface area contributed by atoms with Crippen molar-refractivity contribution in [2.45, 2.75) is 32.4 Å². The zero-order valence-electron chi connectivity index (χ0n) is 12.0. The summed E-state index contributed by atoms with van der Waals surface area (Å²) >= 11 is 1.65. The lowest BCUT2D eigenvalue weighted by atomic mass is 10.0. The lowest BCUT2D eigenvalue weighted by Gasteiger charge is -2.34. The van der Waals surface area contributed by atoms with Crippen LogP contribution < -0.4 is 5.73 Å². The lowest BCUT2D eigenvalue weighted by Crippen LogP contribution is -2.49. The first-order valence-electron chi connectivity index (χ1n) is 6.76. The Balaban J connectivity index is 0.00000200. The van der Waals surface area contributed by atoms with E-state index in [1.807, 2.05) is 10.3 Å². The molecule has 114 valence electrons. The molecule has 1 unspecified atom stereocenters. The first kappa shape index (κ1) is 17.4. The molecule has 2 atom stereocenters. The Bertz CT molecular complexity index is 411. The average molecular weight is 319 g/mol. The van der Waals surface area contributed by atoms with Crippen LogP contribution in [0, 0.1) is 5.92 Å². The standard InChI is InChI=1S/C14H22N2O2S.ClH/c1-10(2)7-12(15)14(17)16-4-5-18-13(8-16)11-3-6-19-9-11;/h3,6,9-10,12-13H,4-5,7-8,15H2,1-2H3;1H/t12-,13?;/m0./s1. The number of thiophene rings is 1. The summed E-state index contributed by atoms with van der Waals surface area (Å²) in [5, 5.41) is 4.11. The molecular weight excluding hydrogens is 296 g/mol. The molecular formula is C14H23ClN2O2S. The van der Waals surface area contributed by atoms with E-state index < -0.39 is 0 Å². The summed E-state index contributed by atoms with van der Waals surface area (Å²) in [4.78, 5) is 14.1. The van der Waals surface area contributed by atoms with Gasteiger partial charge in [0.15, 0.2) is 0 Å². The molecule has 1 aliphatic heterocycles. The van der Waals surface area contributed by atoms with E-state index in [0.717, 1.165) is 12.0 Å². The number of nitrogens with two attached hydrogens (primary N) is 1. The number of hydrogen-bond donors (Lipinski definition) is 1. The molecule has 1 aromatic rings. The van der Waals surface area contributed by atoms with E-state index in [4.69, 9.17) is 10.5 Å². The van der Waals surface area contributed by atoms with E-state index in [9.17, 15) is 4.79 Å². The van der Waals surface area contributed by atoms with Crippen LogP contribution in [0.2, 0.25) is 0 Å². The first-order chi connectivity index (χ1) is 9.08. The minimum Gasteiger partial charge on any atom is -0.370 e. The number of amides is 1. The van der Waals surface area contributed by atoms with E-state index in [1.54, 1.807) is 11.3 Å². The maximum Gasteiger partial charge on any atom is 0.239 e. The molecule has 2 heterocycles. The summed E-state index contributed by atoms with van der Waals surface area (Å²) in [6.45, 7) is 6.01. The van der Waals surface area contributed by atoms with Gasteiger partial charge in [0, 0.05) is 6.54 Å². The van der Waals surface area contributed by atoms with Gasteiger partial charge in [-0.1, -0.05) is 13.8 Å². The van der Waals surface area contributed by atoms with Crippen molar-refractivity contribution in [3.05, 3.63) is 22.4 Å². The fraction of sp³-hybridized carbons (Fsp3) is 0.643. The number of nitrogens with zero attached hydrogens (tertiary/aromatic N) is 1. The molecule has 0 aromatic carbocycles. The van der Waals surface area contributed by atoms with Crippen molar-refractivity contribution >= 4 is 29.7 Å². The Kier molecular flexibility index (Phi) is 6.95. The molecule has 1 aromatic heterocycles. The number of morpholine rings is 1. The van der Waals surface area contributed by atoms with Gasteiger partial charge >= 0.3 is 0 Å². The zero-order valence-corrected chi connectivity index (χ0v) is 13.6. The second-order valence-electron chi connectivity index (χ2n) is 5.44. The molecule has 0 radical (unpaired) electrons. The van der Waals surface area contributed by atoms with Gasteiger partial charge in [-0.15, -0.1) is 12.4 Å². The summed E-state index contributed by atoms with van der Waals surface area (Å²) in [6, 6.07) is 1.67. The van der Waals surface area contributed by atoms with Gasteiger partial charge in [0.25, 0.3) is 0 Å². The van der Waals surface area contributed by atoms with Crippen molar-refractivity contribution < 1.29 is 9.53 Å². The van der Waals surface area contributed by atoms with Crippen LogP contribution in [-0.2, 0) is 9.53 Å². The second kappa shape index (κ2) is 7.98. The third kappa shape index (κ3) is 4.45. The van der Waals surface area contributed by atoms with Gasteiger partial charge in [-0.25, -0.2) is 0 Å². The van der Waals surface area contributed by atoms with Gasteiger partial charge in [-0.3, -0.25) is 4.79 Å². The number of carbonyl (C=O) groups excluding carboxylic acids is 1. The fourth-order valence-electron chi connectivity index (χ4n) is 2.35. The highest BCUT2D eigenvalue weighted by Crippen LogP contribution is 2.24. The summed E-state index contributed by atoms with van der Waals surface area (Å²) in [5.74, 6) is 0.491. The molecule has 20 heavy (non-hydrogen) atoms. The predicted molar refractivity (Wildman–Crippen MR) is 84.3 cm³/mol. The van der Waals surface area contributed by atoms with E-state index >= 15 is 0 Å². The molecule has 0 aliphatic carbocycles. The largest absolute Gasteiger partial charge is 0.370 e. The summed E-state index contributed by atoms with van der Waals surface area (Å²) in [6.07, 6.45) is 0.731. The third-order valence-electron chi connectivity index (χ3n) is 3.34. The highest BCUT2D eigenvalue weighted by Gasteiger charge is 2.28. The molecule has 1 aliphatic rings. The summed E-state index contributed by atoms with van der Waals surface area (Å²) < 4.78 is 5.74. The molecule has 6 heteroatoms. The Hall–Kier alpha value is -0.620. The predicted octanol–water partition coefficient (Wildman–Crippen LogP) is 2.44. The highest BCUT2D eigenvalue weighted by molar-refractivity contribution is 7.07. The Morgan fingerprint density at radius 2 is 2.35 bits per heavy atom. The Morgan fingerprint density at radius 3 is 2.95 bits per heavy atom. The minimum absolute atomic E-state index is 0. The van der Waals surface area contributed by atoms with Crippen LogP contribution in [0.4, 0.5) is 0 Å². The third-order valence-corrected chi connectivity index (χ3v) is 4.04. The number of carbonyl (C=O) groups is 1. The molecule has 0 saturated carbocycles. The maximum absolute atomic E-state index is 12.3. The second-order valence-corrected chi connectivity index (χ2v) is 6.22. The normalized spacial score (nSPS) is 20.6. The van der Waals surface area contributed by atoms with Gasteiger partial charge in [-0.05, 0) is 34.7 Å². The number of halogens is 1. The van der Waals surface area contributed by atoms with Gasteiger partial charge in [0.1, 0.15) is 6.10 Å². The maximum atomic E-state index is 12.3. The van der Waals surface area contributed by atoms with Crippen LogP contribution in [0.5, 0.6) is 0 Å². The van der Waals surface area contributed by atoms with Crippen molar-refractivity contribution in [1.82, 2.24) is 4.90 Å². The average Bonchev–Trinajstić information content (AvgIpc) is 2.91. The Labute approximate surface area is 130 Å². The van der Waals surface area contributed by atoms with Gasteiger partial charge in [0.2, 0.25) is 5.91 Å². The van der Waals surface area contributed by atoms with Crippen molar-refractivity contribution in [2.75, 3.05) is 19.7 Å². The molecule has 0 bridgehead atoms. The van der Waals surface area contributed by atoms with E-state index in [2.05, 4.69) is 25.3 Å². The molecule has 1 saturated heterocycles. The summed E-state index contributed by atoms with van der Waals surface area (Å²) in [7, 11) is 0. The number of rotatable bonds is 4. The Morgan fingerprint density at radius 1 is 1.60 bits per heavy atom. The van der Waals surface area contributed by atoms with Gasteiger partial charge in [0.05, 0.1) is 19.2 Å². The van der Waals surface area contributed by atoms with Crippen molar-refractivity contribution in [2.24, 2.45) is 11.7 Å². The molecule has 0 spiro atoms. The monoisotopic (exact) mass is 318 g/mol. The SMILES string of the molecule is CC(C)C[C@H](N)C(=O)N1CCOC(c2ccsc2)C1.Cl. The molecule has 2 rings (SSSR count). The van der Waals surface area contributed by atoms with Crippen LogP contribution in [0.25, 0.3) is 0 Å². The molecule has 1 fully saturated rings. The van der Waals surface area contributed by atoms with Gasteiger partial charge < -0.3 is 15.4 Å². The highest BCUT2D eigenvalue weighted by atomic mass is 35.5. The lowest BCUT2D eigenvalue weighted by molar-refractivity contribution is -0.140. The van der Waals surface area contributed by atoms with Gasteiger partial charge in [-0.2, -0.15) is 11.3 Å². The first-order valence-corrected chi connectivity index (χ1v) is 7.70. The van der Waals surface area contributed by atoms with Crippen molar-refractivity contribution in [3.63, 3.8) is 0 Å². The number of ether oxygens (including phenoxy) is 1. The number of hydrogen-bond acceptors (Lipinski definition) is 4. The van der Waals surface area contributed by atoms with Crippen LogP contribution in [-0.4, -0.2) is 36.5 Å². The molecule has 4 nitrogen and oxygen atoms in total. The minimum atomic E-state index is -0.388. The van der Waals surface area contributed by atoms with E-state index in [0.29, 0.717) is 25.6 Å². The van der Waals surface area contributed by atoms with Crippen LogP contribution >= 0.6 is 23.7 Å². The smallest absolute Gasteiger partial charge is 0.239 e. The quantitative estimate of drug-likeness (QED) is 0.927. The fourth-order valence-corrected chi connectivity index (χ4v) is 3.05. The topological polar surface area (TPSA) is 55.6 Å². The molecule has 1 amide bonds. The van der Waals surface area contributed by atoms with Crippen molar-refractivity contribution in [3.8, 4) is 0 Å². The van der Waals surface area contributed by atoms with Crippen LogP contribution in [0.1, 0.15) is 31.9 Å². The zero-order chi connectivity index (χ0) is 13.8. The molecule has 2 N–H and O–H groups in total.